The Morgan fingerprint density at radius 3 is 3.06 bits per heavy atom. The summed E-state index contributed by atoms with van der Waals surface area (Å²) in [6.07, 6.45) is 2.55. The molecule has 0 bridgehead atoms. The van der Waals surface area contributed by atoms with Gasteiger partial charge in [0.25, 0.3) is 5.56 Å². The van der Waals surface area contributed by atoms with Crippen molar-refractivity contribution in [2.45, 2.75) is 12.2 Å². The van der Waals surface area contributed by atoms with Crippen LogP contribution in [0.2, 0.25) is 0 Å². The number of ether oxygens (including phenoxy) is 2. The van der Waals surface area contributed by atoms with E-state index in [0.717, 1.165) is 6.20 Å². The molecule has 1 aromatic heterocycles. The number of nitrogens with zero attached hydrogens (tertiary/aromatic N) is 4. The minimum atomic E-state index is -0.969. The molecular formula is C20H23FN6O5. The fraction of sp³-hybridized carbons (Fsp3) is 0.400. The highest BCUT2D eigenvalue weighted by Gasteiger charge is 2.33. The second-order valence-electron chi connectivity index (χ2n) is 7.37. The zero-order valence-electron chi connectivity index (χ0n) is 17.3. The number of cyclic esters (lactones) is 1. The summed E-state index contributed by atoms with van der Waals surface area (Å²) in [5.74, 6) is -0.228. The first-order chi connectivity index (χ1) is 15.4. The predicted molar refractivity (Wildman–Crippen MR) is 113 cm³/mol. The van der Waals surface area contributed by atoms with Gasteiger partial charge in [-0.2, -0.15) is 0 Å². The van der Waals surface area contributed by atoms with E-state index >= 15 is 0 Å². The number of hydrogen-bond donors (Lipinski definition) is 3. The van der Waals surface area contributed by atoms with Gasteiger partial charge in [0, 0.05) is 26.4 Å². The fourth-order valence-electron chi connectivity index (χ4n) is 3.43. The van der Waals surface area contributed by atoms with Crippen LogP contribution in [0.5, 0.6) is 5.75 Å². The quantitative estimate of drug-likeness (QED) is 0.504. The van der Waals surface area contributed by atoms with Crippen molar-refractivity contribution >= 4 is 23.3 Å². The molecular weight excluding hydrogens is 423 g/mol. The van der Waals surface area contributed by atoms with Gasteiger partial charge in [0.05, 0.1) is 31.0 Å². The van der Waals surface area contributed by atoms with Crippen molar-refractivity contribution in [2.24, 2.45) is 12.0 Å². The molecule has 32 heavy (non-hydrogen) atoms. The van der Waals surface area contributed by atoms with E-state index in [4.69, 9.17) is 9.47 Å². The maximum absolute atomic E-state index is 14.3. The molecule has 11 nitrogen and oxygen atoms in total. The molecule has 3 heterocycles. The lowest BCUT2D eigenvalue weighted by atomic mass is 10.2. The van der Waals surface area contributed by atoms with Gasteiger partial charge < -0.3 is 29.8 Å². The van der Waals surface area contributed by atoms with Gasteiger partial charge in [0.15, 0.2) is 11.6 Å². The van der Waals surface area contributed by atoms with Crippen LogP contribution in [0.1, 0.15) is 0 Å². The van der Waals surface area contributed by atoms with Crippen molar-refractivity contribution in [1.82, 2.24) is 25.1 Å². The van der Waals surface area contributed by atoms with E-state index in [1.54, 1.807) is 12.4 Å². The lowest BCUT2D eigenvalue weighted by molar-refractivity contribution is 0.0982. The van der Waals surface area contributed by atoms with Crippen molar-refractivity contribution in [2.75, 3.05) is 32.8 Å². The third-order valence-corrected chi connectivity index (χ3v) is 5.06. The highest BCUT2D eigenvalue weighted by molar-refractivity contribution is 5.81. The lowest BCUT2D eigenvalue weighted by Gasteiger charge is -2.19. The Hall–Kier alpha value is -3.51. The first-order valence-electron chi connectivity index (χ1n) is 10.0. The van der Waals surface area contributed by atoms with E-state index in [2.05, 4.69) is 20.6 Å². The van der Waals surface area contributed by atoms with Crippen molar-refractivity contribution in [3.63, 3.8) is 0 Å². The van der Waals surface area contributed by atoms with E-state index in [9.17, 15) is 19.1 Å². The van der Waals surface area contributed by atoms with Gasteiger partial charge in [0.2, 0.25) is 0 Å². The van der Waals surface area contributed by atoms with Gasteiger partial charge in [-0.3, -0.25) is 14.7 Å². The Balaban J connectivity index is 1.29. The van der Waals surface area contributed by atoms with E-state index in [0.29, 0.717) is 31.0 Å². The molecule has 0 spiro atoms. The van der Waals surface area contributed by atoms with Crippen LogP contribution in [-0.2, 0) is 11.8 Å². The second-order valence-corrected chi connectivity index (χ2v) is 7.37. The fourth-order valence-corrected chi connectivity index (χ4v) is 3.43. The standard InChI is InChI=1S/C20H23FN6O5/c1-26-17(29)9-25-15-3-2-14(21)19(18(15)26)31-11-12(28)6-23-7-13-10-27(20(30)32-13)16-8-22-4-5-24-16/h2-4,8-9,12-13,23-24,28H,5-7,10-11H2,1H3/t12?,13-/m0/s1. The molecule has 2 aromatic rings. The Morgan fingerprint density at radius 2 is 2.28 bits per heavy atom. The minimum Gasteiger partial charge on any atom is -0.485 e. The van der Waals surface area contributed by atoms with Gasteiger partial charge in [-0.1, -0.05) is 0 Å². The summed E-state index contributed by atoms with van der Waals surface area (Å²) in [6, 6.07) is 2.65. The van der Waals surface area contributed by atoms with Crippen LogP contribution in [0.15, 0.2) is 40.1 Å². The molecule has 1 saturated heterocycles. The van der Waals surface area contributed by atoms with Gasteiger partial charge in [0.1, 0.15) is 30.2 Å². The normalized spacial score (nSPS) is 19.0. The Kier molecular flexibility index (Phi) is 6.32. The van der Waals surface area contributed by atoms with Crippen molar-refractivity contribution in [1.29, 1.82) is 0 Å². The monoisotopic (exact) mass is 446 g/mol. The zero-order chi connectivity index (χ0) is 22.7. The van der Waals surface area contributed by atoms with E-state index < -0.39 is 29.7 Å². The Bertz CT molecular complexity index is 1130. The van der Waals surface area contributed by atoms with Crippen LogP contribution in [0.4, 0.5) is 9.18 Å². The number of amides is 1. The number of fused-ring (bicyclic) bond motifs is 1. The van der Waals surface area contributed by atoms with Crippen molar-refractivity contribution < 1.29 is 23.8 Å². The topological polar surface area (TPSA) is 130 Å². The molecule has 2 aliphatic rings. The van der Waals surface area contributed by atoms with Crippen LogP contribution < -0.4 is 20.9 Å². The zero-order valence-corrected chi connectivity index (χ0v) is 17.3. The van der Waals surface area contributed by atoms with Crippen molar-refractivity contribution in [3.8, 4) is 5.75 Å². The number of benzene rings is 1. The van der Waals surface area contributed by atoms with Gasteiger partial charge in [-0.25, -0.2) is 14.2 Å². The number of aryl methyl sites for hydroxylation is 1. The number of aliphatic hydroxyl groups is 1. The molecule has 170 valence electrons. The van der Waals surface area contributed by atoms with Crippen LogP contribution in [0.3, 0.4) is 0 Å². The SMILES string of the molecule is Cn1c(=O)cnc2ccc(F)c(OCC(O)CNC[C@H]3CN(C4=CN=CCN4)C(=O)O3)c21. The molecule has 0 saturated carbocycles. The summed E-state index contributed by atoms with van der Waals surface area (Å²) in [7, 11) is 1.49. The molecule has 0 radical (unpaired) electrons. The Morgan fingerprint density at radius 1 is 1.44 bits per heavy atom. The van der Waals surface area contributed by atoms with Gasteiger partial charge in [-0.05, 0) is 12.1 Å². The highest BCUT2D eigenvalue weighted by Crippen LogP contribution is 2.26. The van der Waals surface area contributed by atoms with E-state index in [1.165, 1.54) is 28.6 Å². The number of nitrogens with one attached hydrogen (secondary N) is 2. The number of halogens is 1. The maximum Gasteiger partial charge on any atom is 0.415 e. The Labute approximate surface area is 182 Å². The largest absolute Gasteiger partial charge is 0.485 e. The van der Waals surface area contributed by atoms with Crippen molar-refractivity contribution in [3.05, 3.63) is 46.5 Å². The van der Waals surface area contributed by atoms with Crippen LogP contribution in [0.25, 0.3) is 11.0 Å². The molecule has 1 amide bonds. The third kappa shape index (κ3) is 4.55. The van der Waals surface area contributed by atoms with Crippen LogP contribution >= 0.6 is 0 Å². The molecule has 1 unspecified atom stereocenters. The lowest BCUT2D eigenvalue weighted by Crippen LogP contribution is -2.38. The predicted octanol–water partition coefficient (Wildman–Crippen LogP) is -0.304. The molecule has 1 fully saturated rings. The number of aromatic nitrogens is 2. The van der Waals surface area contributed by atoms with Gasteiger partial charge in [-0.15, -0.1) is 0 Å². The first-order valence-corrected chi connectivity index (χ1v) is 10.0. The summed E-state index contributed by atoms with van der Waals surface area (Å²) >= 11 is 0. The maximum atomic E-state index is 14.3. The average molecular weight is 446 g/mol. The summed E-state index contributed by atoms with van der Waals surface area (Å²) in [4.78, 5) is 33.4. The summed E-state index contributed by atoms with van der Waals surface area (Å²) in [5, 5.41) is 16.3. The number of aliphatic hydroxyl groups excluding tert-OH is 1. The average Bonchev–Trinajstić information content (AvgIpc) is 3.16. The number of carbonyl (C=O) groups excluding carboxylic acids is 1. The molecule has 2 atom stereocenters. The van der Waals surface area contributed by atoms with E-state index in [1.807, 2.05) is 0 Å². The smallest absolute Gasteiger partial charge is 0.415 e. The van der Waals surface area contributed by atoms with Crippen LogP contribution in [-0.4, -0.2) is 76.9 Å². The van der Waals surface area contributed by atoms with E-state index in [-0.39, 0.29) is 24.4 Å². The second kappa shape index (κ2) is 9.32. The summed E-state index contributed by atoms with van der Waals surface area (Å²) in [5.41, 5.74) is 0.212. The molecule has 2 aliphatic heterocycles. The minimum absolute atomic E-state index is 0.128. The molecule has 4 rings (SSSR count). The highest BCUT2D eigenvalue weighted by atomic mass is 19.1. The van der Waals surface area contributed by atoms with Gasteiger partial charge >= 0.3 is 6.09 Å². The molecule has 3 N–H and O–H groups in total. The number of carbonyl (C=O) groups is 1. The number of hydrogen-bond acceptors (Lipinski definition) is 9. The molecule has 1 aromatic carbocycles. The summed E-state index contributed by atoms with van der Waals surface area (Å²) < 4.78 is 26.4. The number of aliphatic imine (C=N–C) groups is 1. The summed E-state index contributed by atoms with van der Waals surface area (Å²) in [6.45, 7) is 1.11. The molecule has 12 heteroatoms. The molecule has 0 aliphatic carbocycles. The van der Waals surface area contributed by atoms with Crippen LogP contribution in [0, 0.1) is 5.82 Å². The number of rotatable bonds is 8. The third-order valence-electron chi connectivity index (χ3n) is 5.06. The first kappa shape index (κ1) is 21.7.